The molecular weight excluding hydrogens is 362 g/mol. The highest BCUT2D eigenvalue weighted by Gasteiger charge is 2.09. The van der Waals surface area contributed by atoms with Gasteiger partial charge in [0.1, 0.15) is 0 Å². The zero-order valence-corrected chi connectivity index (χ0v) is 16.8. The molecule has 0 radical (unpaired) electrons. The van der Waals surface area contributed by atoms with E-state index in [4.69, 9.17) is 0 Å². The molecule has 2 heterocycles. The lowest BCUT2D eigenvalue weighted by Crippen LogP contribution is -2.13. The van der Waals surface area contributed by atoms with E-state index in [2.05, 4.69) is 15.5 Å². The number of amides is 1. The number of nitrogens with zero attached hydrogens (tertiary/aromatic N) is 4. The fraction of sp³-hybridized carbons (Fsp3) is 0.174. The predicted molar refractivity (Wildman–Crippen MR) is 113 cm³/mol. The molecule has 0 spiro atoms. The molecule has 2 aromatic carbocycles. The van der Waals surface area contributed by atoms with Gasteiger partial charge in [0.25, 0.3) is 5.91 Å². The highest BCUT2D eigenvalue weighted by Crippen LogP contribution is 2.16. The number of hydrogen-bond donors (Lipinski definition) is 1. The minimum absolute atomic E-state index is 0.136. The van der Waals surface area contributed by atoms with Crippen LogP contribution in [0, 0.1) is 20.8 Å². The van der Waals surface area contributed by atoms with Gasteiger partial charge in [-0.15, -0.1) is 0 Å². The van der Waals surface area contributed by atoms with Crippen molar-refractivity contribution in [2.45, 2.75) is 27.3 Å². The number of rotatable bonds is 5. The van der Waals surface area contributed by atoms with Gasteiger partial charge in [0.15, 0.2) is 0 Å². The van der Waals surface area contributed by atoms with Crippen LogP contribution in [0.15, 0.2) is 66.9 Å². The van der Waals surface area contributed by atoms with Gasteiger partial charge in [-0.3, -0.25) is 9.48 Å². The lowest BCUT2D eigenvalue weighted by atomic mass is 10.1. The van der Waals surface area contributed by atoms with E-state index in [-0.39, 0.29) is 5.91 Å². The average molecular weight is 385 g/mol. The van der Waals surface area contributed by atoms with E-state index in [0.717, 1.165) is 34.0 Å². The summed E-state index contributed by atoms with van der Waals surface area (Å²) in [5, 5.41) is 11.8. The van der Waals surface area contributed by atoms with Crippen LogP contribution in [0.2, 0.25) is 0 Å². The Morgan fingerprint density at radius 1 is 0.931 bits per heavy atom. The predicted octanol–water partition coefficient (Wildman–Crippen LogP) is 4.29. The van der Waals surface area contributed by atoms with E-state index in [9.17, 15) is 4.79 Å². The first-order valence-electron chi connectivity index (χ1n) is 9.52. The van der Waals surface area contributed by atoms with Crippen molar-refractivity contribution in [2.24, 2.45) is 0 Å². The summed E-state index contributed by atoms with van der Waals surface area (Å²) in [5.41, 5.74) is 6.40. The summed E-state index contributed by atoms with van der Waals surface area (Å²) in [4.78, 5) is 12.7. The Hall–Kier alpha value is -3.67. The lowest BCUT2D eigenvalue weighted by molar-refractivity contribution is 0.102. The number of aromatic nitrogens is 4. The van der Waals surface area contributed by atoms with Gasteiger partial charge in [-0.1, -0.05) is 12.1 Å². The highest BCUT2D eigenvalue weighted by molar-refractivity contribution is 6.04. The van der Waals surface area contributed by atoms with Gasteiger partial charge in [0.2, 0.25) is 0 Å². The smallest absolute Gasteiger partial charge is 0.255 e. The second kappa shape index (κ2) is 7.75. The minimum atomic E-state index is -0.136. The van der Waals surface area contributed by atoms with E-state index in [1.54, 1.807) is 0 Å². The number of carbonyl (C=O) groups is 1. The zero-order valence-electron chi connectivity index (χ0n) is 16.8. The van der Waals surface area contributed by atoms with E-state index in [1.165, 1.54) is 0 Å². The van der Waals surface area contributed by atoms with Crippen molar-refractivity contribution in [1.82, 2.24) is 19.6 Å². The Morgan fingerprint density at radius 2 is 1.72 bits per heavy atom. The third-order valence-electron chi connectivity index (χ3n) is 4.74. The largest absolute Gasteiger partial charge is 0.322 e. The number of benzene rings is 2. The normalized spacial score (nSPS) is 10.9. The molecule has 1 amide bonds. The van der Waals surface area contributed by atoms with Crippen LogP contribution in [0.4, 0.5) is 5.69 Å². The molecule has 0 aliphatic rings. The molecule has 0 aliphatic carbocycles. The summed E-state index contributed by atoms with van der Waals surface area (Å²) in [5.74, 6) is -0.136. The molecule has 146 valence electrons. The van der Waals surface area contributed by atoms with Crippen molar-refractivity contribution in [3.05, 3.63) is 95.1 Å². The molecule has 0 atom stereocenters. The first-order valence-corrected chi connectivity index (χ1v) is 9.52. The molecule has 1 N–H and O–H groups in total. The molecule has 0 fully saturated rings. The van der Waals surface area contributed by atoms with Crippen molar-refractivity contribution < 1.29 is 4.79 Å². The maximum Gasteiger partial charge on any atom is 0.255 e. The van der Waals surface area contributed by atoms with Crippen LogP contribution >= 0.6 is 0 Å². The zero-order chi connectivity index (χ0) is 20.4. The number of carbonyl (C=O) groups excluding carboxylic acids is 1. The number of anilines is 1. The standard InChI is InChI=1S/C23H23N5O/c1-16-11-12-27(25-16)22-9-7-21(8-10-22)24-23(29)20-6-4-5-19(14-20)15-28-18(3)13-17(2)26-28/h4-14H,15H2,1-3H3,(H,24,29). The van der Waals surface area contributed by atoms with Crippen molar-refractivity contribution in [3.63, 3.8) is 0 Å². The highest BCUT2D eigenvalue weighted by atomic mass is 16.1. The first-order chi connectivity index (χ1) is 14.0. The Labute approximate surface area is 169 Å². The van der Waals surface area contributed by atoms with Crippen LogP contribution in [-0.4, -0.2) is 25.5 Å². The van der Waals surface area contributed by atoms with Crippen LogP contribution < -0.4 is 5.32 Å². The van der Waals surface area contributed by atoms with Crippen LogP contribution in [0.1, 0.15) is 33.0 Å². The molecule has 0 saturated carbocycles. The average Bonchev–Trinajstić information content (AvgIpc) is 3.27. The topological polar surface area (TPSA) is 64.7 Å². The van der Waals surface area contributed by atoms with Crippen molar-refractivity contribution >= 4 is 11.6 Å². The molecule has 29 heavy (non-hydrogen) atoms. The summed E-state index contributed by atoms with van der Waals surface area (Å²) in [6.07, 6.45) is 1.91. The third-order valence-corrected chi connectivity index (χ3v) is 4.74. The monoisotopic (exact) mass is 385 g/mol. The van der Waals surface area contributed by atoms with E-state index in [0.29, 0.717) is 12.1 Å². The molecule has 0 saturated heterocycles. The third kappa shape index (κ3) is 4.27. The number of nitrogens with one attached hydrogen (secondary N) is 1. The van der Waals surface area contributed by atoms with Gasteiger partial charge in [-0.25, -0.2) is 4.68 Å². The van der Waals surface area contributed by atoms with Crippen LogP contribution in [0.3, 0.4) is 0 Å². The van der Waals surface area contributed by atoms with E-state index < -0.39 is 0 Å². The Bertz CT molecular complexity index is 1150. The van der Waals surface area contributed by atoms with E-state index >= 15 is 0 Å². The van der Waals surface area contributed by atoms with Crippen LogP contribution in [-0.2, 0) is 6.54 Å². The summed E-state index contributed by atoms with van der Waals surface area (Å²) < 4.78 is 3.76. The molecule has 0 bridgehead atoms. The fourth-order valence-electron chi connectivity index (χ4n) is 3.28. The fourth-order valence-corrected chi connectivity index (χ4v) is 3.28. The summed E-state index contributed by atoms with van der Waals surface area (Å²) in [7, 11) is 0. The summed E-state index contributed by atoms with van der Waals surface area (Å²) >= 11 is 0. The molecule has 4 aromatic rings. The maximum absolute atomic E-state index is 12.7. The molecule has 4 rings (SSSR count). The maximum atomic E-state index is 12.7. The molecule has 0 aliphatic heterocycles. The quantitative estimate of drug-likeness (QED) is 0.557. The Balaban J connectivity index is 1.46. The second-order valence-electron chi connectivity index (χ2n) is 7.19. The Kier molecular flexibility index (Phi) is 4.99. The molecule has 2 aromatic heterocycles. The first kappa shape index (κ1) is 18.7. The lowest BCUT2D eigenvalue weighted by Gasteiger charge is -2.09. The molecule has 6 nitrogen and oxygen atoms in total. The molecule has 6 heteroatoms. The summed E-state index contributed by atoms with van der Waals surface area (Å²) in [6.45, 7) is 6.60. The molecule has 0 unspecified atom stereocenters. The second-order valence-corrected chi connectivity index (χ2v) is 7.19. The van der Waals surface area contributed by atoms with Crippen LogP contribution in [0.25, 0.3) is 5.69 Å². The van der Waals surface area contributed by atoms with Gasteiger partial charge in [-0.2, -0.15) is 10.2 Å². The summed E-state index contributed by atoms with van der Waals surface area (Å²) in [6, 6.07) is 19.3. The van der Waals surface area contributed by atoms with Crippen LogP contribution in [0.5, 0.6) is 0 Å². The van der Waals surface area contributed by atoms with Crippen molar-refractivity contribution in [3.8, 4) is 5.69 Å². The van der Waals surface area contributed by atoms with Gasteiger partial charge in [-0.05, 0) is 74.9 Å². The van der Waals surface area contributed by atoms with E-state index in [1.807, 2.05) is 97.0 Å². The van der Waals surface area contributed by atoms with Crippen molar-refractivity contribution in [2.75, 3.05) is 5.32 Å². The Morgan fingerprint density at radius 3 is 2.38 bits per heavy atom. The molecular formula is C23H23N5O. The minimum Gasteiger partial charge on any atom is -0.322 e. The van der Waals surface area contributed by atoms with Gasteiger partial charge >= 0.3 is 0 Å². The SMILES string of the molecule is Cc1ccn(-c2ccc(NC(=O)c3cccc(Cn4nc(C)cc4C)c3)cc2)n1. The van der Waals surface area contributed by atoms with Gasteiger partial charge < -0.3 is 5.32 Å². The number of hydrogen-bond acceptors (Lipinski definition) is 3. The van der Waals surface area contributed by atoms with Gasteiger partial charge in [0, 0.05) is 23.1 Å². The van der Waals surface area contributed by atoms with Gasteiger partial charge in [0.05, 0.1) is 23.6 Å². The van der Waals surface area contributed by atoms with Crippen molar-refractivity contribution in [1.29, 1.82) is 0 Å². The number of aryl methyl sites for hydroxylation is 3.